The van der Waals surface area contributed by atoms with Crippen molar-refractivity contribution in [2.45, 2.75) is 45.9 Å². The van der Waals surface area contributed by atoms with Gasteiger partial charge in [-0.05, 0) is 45.0 Å². The van der Waals surface area contributed by atoms with Crippen molar-refractivity contribution in [3.63, 3.8) is 0 Å². The average Bonchev–Trinajstić information content (AvgIpc) is 2.85. The lowest BCUT2D eigenvalue weighted by Crippen LogP contribution is -2.39. The molecule has 3 nitrogen and oxygen atoms in total. The fourth-order valence-corrected chi connectivity index (χ4v) is 3.63. The molecule has 1 fully saturated rings. The van der Waals surface area contributed by atoms with Gasteiger partial charge in [0.25, 0.3) is 0 Å². The standard InChI is InChI=1S/C15H26N2OS/c1-3-16-10-14-7-8-15(19-14)12-17-9-5-6-13(11-17)18-4-2/h7-8,13,16H,3-6,9-12H2,1-2H3. The number of nitrogens with zero attached hydrogens (tertiary/aromatic N) is 1. The Kier molecular flexibility index (Phi) is 6.31. The number of hydrogen-bond acceptors (Lipinski definition) is 4. The van der Waals surface area contributed by atoms with E-state index in [9.17, 15) is 0 Å². The quantitative estimate of drug-likeness (QED) is 0.832. The summed E-state index contributed by atoms with van der Waals surface area (Å²) in [6, 6.07) is 4.54. The fraction of sp³-hybridized carbons (Fsp3) is 0.733. The first-order valence-electron chi connectivity index (χ1n) is 7.44. The van der Waals surface area contributed by atoms with Crippen LogP contribution in [-0.2, 0) is 17.8 Å². The number of likely N-dealkylation sites (tertiary alicyclic amines) is 1. The molecule has 1 saturated heterocycles. The first-order chi connectivity index (χ1) is 9.31. The minimum Gasteiger partial charge on any atom is -0.377 e. The maximum absolute atomic E-state index is 5.76. The lowest BCUT2D eigenvalue weighted by atomic mass is 10.1. The van der Waals surface area contributed by atoms with E-state index in [-0.39, 0.29) is 0 Å². The van der Waals surface area contributed by atoms with E-state index in [0.717, 1.165) is 32.8 Å². The van der Waals surface area contributed by atoms with Crippen LogP contribution in [0.25, 0.3) is 0 Å². The number of rotatable bonds is 7. The van der Waals surface area contributed by atoms with Crippen LogP contribution in [0.2, 0.25) is 0 Å². The molecule has 1 atom stereocenters. The van der Waals surface area contributed by atoms with E-state index in [1.54, 1.807) is 0 Å². The zero-order chi connectivity index (χ0) is 13.5. The number of ether oxygens (including phenoxy) is 1. The maximum atomic E-state index is 5.76. The molecule has 1 aromatic heterocycles. The predicted molar refractivity (Wildman–Crippen MR) is 81.6 cm³/mol. The molecule has 0 radical (unpaired) electrons. The van der Waals surface area contributed by atoms with Crippen LogP contribution < -0.4 is 5.32 Å². The highest BCUT2D eigenvalue weighted by atomic mass is 32.1. The van der Waals surface area contributed by atoms with Gasteiger partial charge in [0.1, 0.15) is 0 Å². The Morgan fingerprint density at radius 1 is 1.37 bits per heavy atom. The average molecular weight is 282 g/mol. The van der Waals surface area contributed by atoms with Crippen molar-refractivity contribution in [3.8, 4) is 0 Å². The van der Waals surface area contributed by atoms with Gasteiger partial charge in [0.05, 0.1) is 6.10 Å². The molecule has 0 aliphatic carbocycles. The van der Waals surface area contributed by atoms with E-state index in [4.69, 9.17) is 4.74 Å². The second-order valence-corrected chi connectivity index (χ2v) is 6.36. The van der Waals surface area contributed by atoms with Crippen LogP contribution in [0.4, 0.5) is 0 Å². The summed E-state index contributed by atoms with van der Waals surface area (Å²) in [6.45, 7) is 10.5. The molecule has 0 aromatic carbocycles. The van der Waals surface area contributed by atoms with Crippen molar-refractivity contribution in [1.29, 1.82) is 0 Å². The Hall–Kier alpha value is -0.420. The lowest BCUT2D eigenvalue weighted by molar-refractivity contribution is 0.00390. The molecule has 0 amide bonds. The molecule has 1 unspecified atom stereocenters. The van der Waals surface area contributed by atoms with E-state index >= 15 is 0 Å². The van der Waals surface area contributed by atoms with Crippen LogP contribution >= 0.6 is 11.3 Å². The summed E-state index contributed by atoms with van der Waals surface area (Å²) in [5.41, 5.74) is 0. The number of hydrogen-bond donors (Lipinski definition) is 1. The zero-order valence-corrected chi connectivity index (χ0v) is 13.0. The Labute approximate surface area is 121 Å². The van der Waals surface area contributed by atoms with Gasteiger partial charge in [-0.25, -0.2) is 0 Å². The highest BCUT2D eigenvalue weighted by Gasteiger charge is 2.20. The smallest absolute Gasteiger partial charge is 0.0702 e. The molecule has 1 aliphatic heterocycles. The van der Waals surface area contributed by atoms with E-state index in [1.807, 2.05) is 11.3 Å². The van der Waals surface area contributed by atoms with Gasteiger partial charge < -0.3 is 10.1 Å². The monoisotopic (exact) mass is 282 g/mol. The summed E-state index contributed by atoms with van der Waals surface area (Å²) in [7, 11) is 0. The van der Waals surface area contributed by atoms with Crippen LogP contribution in [0.1, 0.15) is 36.4 Å². The Balaban J connectivity index is 1.81. The molecule has 0 bridgehead atoms. The Morgan fingerprint density at radius 2 is 2.21 bits per heavy atom. The molecular formula is C15H26N2OS. The van der Waals surface area contributed by atoms with Crippen molar-refractivity contribution in [2.75, 3.05) is 26.2 Å². The predicted octanol–water partition coefficient (Wildman–Crippen LogP) is 2.86. The molecule has 4 heteroatoms. The van der Waals surface area contributed by atoms with Crippen molar-refractivity contribution >= 4 is 11.3 Å². The summed E-state index contributed by atoms with van der Waals surface area (Å²) in [5.74, 6) is 0. The minimum atomic E-state index is 0.444. The second kappa shape index (κ2) is 8.00. The van der Waals surface area contributed by atoms with Crippen LogP contribution in [0.15, 0.2) is 12.1 Å². The lowest BCUT2D eigenvalue weighted by Gasteiger charge is -2.32. The minimum absolute atomic E-state index is 0.444. The number of nitrogens with one attached hydrogen (secondary N) is 1. The first kappa shape index (κ1) is 15.0. The van der Waals surface area contributed by atoms with Crippen molar-refractivity contribution in [3.05, 3.63) is 21.9 Å². The second-order valence-electron chi connectivity index (χ2n) is 5.10. The van der Waals surface area contributed by atoms with Gasteiger partial charge in [0.2, 0.25) is 0 Å². The number of piperidine rings is 1. The van der Waals surface area contributed by atoms with E-state index in [0.29, 0.717) is 6.10 Å². The third-order valence-corrected chi connectivity index (χ3v) is 4.58. The number of thiophene rings is 1. The van der Waals surface area contributed by atoms with Crippen molar-refractivity contribution in [1.82, 2.24) is 10.2 Å². The molecule has 1 aliphatic rings. The van der Waals surface area contributed by atoms with E-state index in [2.05, 4.69) is 36.2 Å². The van der Waals surface area contributed by atoms with Crippen LogP contribution in [0, 0.1) is 0 Å². The zero-order valence-electron chi connectivity index (χ0n) is 12.2. The molecule has 0 saturated carbocycles. The summed E-state index contributed by atoms with van der Waals surface area (Å²) in [5, 5.41) is 3.38. The Morgan fingerprint density at radius 3 is 3.00 bits per heavy atom. The van der Waals surface area contributed by atoms with Crippen LogP contribution in [0.3, 0.4) is 0 Å². The molecule has 2 heterocycles. The van der Waals surface area contributed by atoms with Gasteiger partial charge in [-0.3, -0.25) is 4.90 Å². The molecule has 1 N–H and O–H groups in total. The van der Waals surface area contributed by atoms with Gasteiger partial charge in [0, 0.05) is 36.0 Å². The van der Waals surface area contributed by atoms with Gasteiger partial charge in [-0.1, -0.05) is 6.92 Å². The van der Waals surface area contributed by atoms with Gasteiger partial charge in [-0.15, -0.1) is 11.3 Å². The van der Waals surface area contributed by atoms with Crippen LogP contribution in [0.5, 0.6) is 0 Å². The maximum Gasteiger partial charge on any atom is 0.0702 e. The molecule has 0 spiro atoms. The summed E-state index contributed by atoms with van der Waals surface area (Å²) < 4.78 is 5.76. The SMILES string of the molecule is CCNCc1ccc(CN2CCCC(OCC)C2)s1. The highest BCUT2D eigenvalue weighted by Crippen LogP contribution is 2.21. The topological polar surface area (TPSA) is 24.5 Å². The van der Waals surface area contributed by atoms with Gasteiger partial charge in [-0.2, -0.15) is 0 Å². The largest absolute Gasteiger partial charge is 0.377 e. The molecular weight excluding hydrogens is 256 g/mol. The van der Waals surface area contributed by atoms with Gasteiger partial charge in [0.15, 0.2) is 0 Å². The Bertz CT molecular complexity index is 365. The highest BCUT2D eigenvalue weighted by molar-refractivity contribution is 7.11. The van der Waals surface area contributed by atoms with Crippen molar-refractivity contribution in [2.24, 2.45) is 0 Å². The molecule has 2 rings (SSSR count). The molecule has 108 valence electrons. The summed E-state index contributed by atoms with van der Waals surface area (Å²) in [4.78, 5) is 5.45. The summed E-state index contributed by atoms with van der Waals surface area (Å²) >= 11 is 1.94. The molecule has 1 aromatic rings. The third-order valence-electron chi connectivity index (χ3n) is 3.51. The van der Waals surface area contributed by atoms with Crippen molar-refractivity contribution < 1.29 is 4.74 Å². The van der Waals surface area contributed by atoms with Gasteiger partial charge >= 0.3 is 0 Å². The normalized spacial score (nSPS) is 20.8. The fourth-order valence-electron chi connectivity index (χ4n) is 2.60. The van der Waals surface area contributed by atoms with E-state index in [1.165, 1.54) is 29.1 Å². The summed E-state index contributed by atoms with van der Waals surface area (Å²) in [6.07, 6.45) is 2.93. The third kappa shape index (κ3) is 4.88. The van der Waals surface area contributed by atoms with E-state index < -0.39 is 0 Å². The van der Waals surface area contributed by atoms with Crippen LogP contribution in [-0.4, -0.2) is 37.2 Å². The molecule has 19 heavy (non-hydrogen) atoms. The first-order valence-corrected chi connectivity index (χ1v) is 8.25.